The van der Waals surface area contributed by atoms with Crippen molar-refractivity contribution in [3.63, 3.8) is 0 Å². The van der Waals surface area contributed by atoms with E-state index in [1.54, 1.807) is 39.0 Å². The average molecular weight is 910 g/mol. The molecule has 0 unspecified atom stereocenters. The van der Waals surface area contributed by atoms with E-state index in [9.17, 15) is 40.8 Å². The van der Waals surface area contributed by atoms with Gasteiger partial charge in [-0.3, -0.25) is 19.1 Å². The second-order valence-electron chi connectivity index (χ2n) is 17.9. The summed E-state index contributed by atoms with van der Waals surface area (Å²) in [6.07, 6.45) is 1.04. The third-order valence-electron chi connectivity index (χ3n) is 11.9. The molecular formula is C45H50F3N5O10S. The lowest BCUT2D eigenvalue weighted by molar-refractivity contribution is -0.141. The summed E-state index contributed by atoms with van der Waals surface area (Å²) in [4.78, 5) is 62.5. The molecule has 3 fully saturated rings. The highest BCUT2D eigenvalue weighted by molar-refractivity contribution is 7.91. The molecule has 3 N–H and O–H groups in total. The van der Waals surface area contributed by atoms with Crippen molar-refractivity contribution in [3.05, 3.63) is 66.2 Å². The van der Waals surface area contributed by atoms with Gasteiger partial charge in [0.05, 0.1) is 35.5 Å². The van der Waals surface area contributed by atoms with E-state index in [1.807, 2.05) is 12.2 Å². The predicted octanol–water partition coefficient (Wildman–Crippen LogP) is 6.92. The van der Waals surface area contributed by atoms with Crippen molar-refractivity contribution in [2.75, 3.05) is 13.7 Å². The van der Waals surface area contributed by atoms with Gasteiger partial charge in [-0.05, 0) is 89.6 Å². The maximum atomic E-state index is 14.7. The molecule has 19 heteroatoms. The van der Waals surface area contributed by atoms with Crippen molar-refractivity contribution in [2.24, 2.45) is 5.92 Å². The van der Waals surface area contributed by atoms with Crippen LogP contribution in [0.1, 0.15) is 84.1 Å². The van der Waals surface area contributed by atoms with E-state index in [1.165, 1.54) is 30.2 Å². The molecule has 2 aliphatic carbocycles. The van der Waals surface area contributed by atoms with Crippen LogP contribution in [0.25, 0.3) is 33.3 Å². The molecule has 5 atom stereocenters. The van der Waals surface area contributed by atoms with Crippen LogP contribution in [0.4, 0.5) is 18.0 Å². The topological polar surface area (TPSA) is 195 Å². The number of halogens is 3. The van der Waals surface area contributed by atoms with Crippen LogP contribution in [0, 0.1) is 5.92 Å². The highest BCUT2D eigenvalue weighted by Gasteiger charge is 2.62. The number of furan rings is 1. The highest BCUT2D eigenvalue weighted by atomic mass is 32.2. The molecule has 8 rings (SSSR count). The molecule has 1 saturated heterocycles. The molecule has 2 saturated carbocycles. The zero-order valence-electron chi connectivity index (χ0n) is 35.8. The molecular weight excluding hydrogens is 860 g/mol. The van der Waals surface area contributed by atoms with Crippen molar-refractivity contribution < 1.29 is 59.4 Å². The molecule has 2 aromatic heterocycles. The third kappa shape index (κ3) is 9.49. The highest BCUT2D eigenvalue weighted by Crippen LogP contribution is 2.46. The Morgan fingerprint density at radius 1 is 1.00 bits per heavy atom. The van der Waals surface area contributed by atoms with Crippen molar-refractivity contribution in [3.8, 4) is 22.8 Å². The quantitative estimate of drug-likeness (QED) is 0.155. The van der Waals surface area contributed by atoms with E-state index in [0.717, 1.165) is 18.6 Å². The maximum absolute atomic E-state index is 14.7. The summed E-state index contributed by atoms with van der Waals surface area (Å²) in [6, 6.07) is 8.65. The van der Waals surface area contributed by atoms with Crippen LogP contribution in [0.5, 0.6) is 11.5 Å². The Morgan fingerprint density at radius 3 is 2.44 bits per heavy atom. The number of alkyl halides is 3. The Bertz CT molecular complexity index is 2620. The fraction of sp³-hybridized carbons (Fsp3) is 0.489. The number of rotatable bonds is 8. The van der Waals surface area contributed by atoms with Crippen molar-refractivity contribution in [2.45, 2.75) is 119 Å². The maximum Gasteiger partial charge on any atom is 0.416 e. The molecule has 342 valence electrons. The van der Waals surface area contributed by atoms with Crippen LogP contribution >= 0.6 is 0 Å². The molecule has 2 aromatic carbocycles. The first-order valence-electron chi connectivity index (χ1n) is 21.3. The fourth-order valence-corrected chi connectivity index (χ4v) is 9.72. The number of pyridine rings is 1. The van der Waals surface area contributed by atoms with E-state index in [-0.39, 0.29) is 42.8 Å². The predicted molar refractivity (Wildman–Crippen MR) is 227 cm³/mol. The Morgan fingerprint density at radius 2 is 1.75 bits per heavy atom. The number of nitrogens with zero attached hydrogens (tertiary/aromatic N) is 2. The van der Waals surface area contributed by atoms with Gasteiger partial charge in [0.2, 0.25) is 21.8 Å². The molecule has 4 aliphatic rings. The lowest BCUT2D eigenvalue weighted by Crippen LogP contribution is -2.58. The molecule has 0 bridgehead atoms. The van der Waals surface area contributed by atoms with Crippen LogP contribution in [0.15, 0.2) is 65.1 Å². The van der Waals surface area contributed by atoms with E-state index in [0.29, 0.717) is 59.9 Å². The fourth-order valence-electron chi connectivity index (χ4n) is 8.35. The molecule has 4 amide bonds. The summed E-state index contributed by atoms with van der Waals surface area (Å²) in [7, 11) is -2.49. The standard InChI is InChI=1S/C45H50F3N5O10S/c1-43(2,3)63-42(57)50-32-11-9-7-5-6-8-10-27-23-44(27,41(56)52-64(58,59)30-17-18-30)51-39(54)34-21-29(24-53(34)40(32)55)61-36-22-33(25-12-14-26(15-13-25)45(46,47)48)49-37-31-20-28(60-4)16-19-35(31)62-38(36)37/h8,10,12-16,19-20,22,27,29-30,32,34H,5-7,9,11,17-18,21,23-24H2,1-4H3,(H,50,57)(H,51,54)(H,52,56)/b10-8-/t27-,29-,32+,34+,44-/m1/s1. The number of carbonyl (C=O) groups excluding carboxylic acids is 4. The molecule has 0 radical (unpaired) electrons. The van der Waals surface area contributed by atoms with Gasteiger partial charge in [-0.2, -0.15) is 13.2 Å². The minimum atomic E-state index is -4.57. The zero-order valence-corrected chi connectivity index (χ0v) is 36.6. The first-order chi connectivity index (χ1) is 30.2. The van der Waals surface area contributed by atoms with Crippen LogP contribution in [-0.2, 0) is 35.3 Å². The van der Waals surface area contributed by atoms with Crippen LogP contribution in [-0.4, -0.2) is 90.3 Å². The van der Waals surface area contributed by atoms with Crippen LogP contribution in [0.2, 0.25) is 0 Å². The average Bonchev–Trinajstić information content (AvgIpc) is 4.13. The minimum Gasteiger partial charge on any atom is -0.497 e. The number of allylic oxidation sites excluding steroid dienone is 1. The van der Waals surface area contributed by atoms with Gasteiger partial charge >= 0.3 is 12.3 Å². The summed E-state index contributed by atoms with van der Waals surface area (Å²) in [5.74, 6) is -2.11. The number of benzene rings is 2. The Kier molecular flexibility index (Phi) is 11.8. The number of alkyl carbamates (subject to hydrolysis) is 1. The molecule has 15 nitrogen and oxygen atoms in total. The number of nitrogens with one attached hydrogen (secondary N) is 3. The zero-order chi connectivity index (χ0) is 45.8. The SMILES string of the molecule is COc1ccc2oc3c(O[C@@H]4C[C@H]5C(=O)N[C@]6(C(=O)NS(=O)(=O)C7CC7)C[C@H]6/C=C\CCCCC[C@H](NC(=O)OC(C)(C)C)C(=O)N5C4)cc(-c4ccc(C(F)(F)F)cc4)nc3c2c1. The van der Waals surface area contributed by atoms with Gasteiger partial charge in [-0.15, -0.1) is 0 Å². The Hall–Kier alpha value is -5.85. The molecule has 64 heavy (non-hydrogen) atoms. The van der Waals surface area contributed by atoms with E-state index >= 15 is 0 Å². The summed E-state index contributed by atoms with van der Waals surface area (Å²) >= 11 is 0. The van der Waals surface area contributed by atoms with E-state index in [2.05, 4.69) is 15.4 Å². The normalized spacial score (nSPS) is 25.0. The summed E-state index contributed by atoms with van der Waals surface area (Å²) in [5.41, 5.74) is -1.86. The lowest BCUT2D eigenvalue weighted by atomic mass is 10.0. The van der Waals surface area contributed by atoms with Gasteiger partial charge in [0.15, 0.2) is 11.3 Å². The molecule has 2 aliphatic heterocycles. The largest absolute Gasteiger partial charge is 0.497 e. The number of hydrogen-bond donors (Lipinski definition) is 3. The number of ether oxygens (including phenoxy) is 3. The number of amides is 4. The van der Waals surface area contributed by atoms with Crippen molar-refractivity contribution >= 4 is 55.9 Å². The Labute approximate surface area is 367 Å². The number of methoxy groups -OCH3 is 1. The van der Waals surface area contributed by atoms with Crippen molar-refractivity contribution in [1.29, 1.82) is 0 Å². The first kappa shape index (κ1) is 44.7. The molecule has 0 spiro atoms. The number of aromatic nitrogens is 1. The number of hydrogen-bond acceptors (Lipinski definition) is 11. The smallest absolute Gasteiger partial charge is 0.416 e. The van der Waals surface area contributed by atoms with E-state index in [4.69, 9.17) is 23.6 Å². The molecule has 4 heterocycles. The van der Waals surface area contributed by atoms with Gasteiger partial charge in [0, 0.05) is 24.0 Å². The second kappa shape index (κ2) is 16.9. The van der Waals surface area contributed by atoms with E-state index < -0.39 is 86.1 Å². The summed E-state index contributed by atoms with van der Waals surface area (Å²) in [6.45, 7) is 4.87. The van der Waals surface area contributed by atoms with Gasteiger partial charge in [-0.1, -0.05) is 37.1 Å². The monoisotopic (exact) mass is 909 g/mol. The second-order valence-corrected chi connectivity index (χ2v) is 19.9. The van der Waals surface area contributed by atoms with Gasteiger partial charge in [0.1, 0.15) is 46.2 Å². The van der Waals surface area contributed by atoms with Gasteiger partial charge in [-0.25, -0.2) is 18.2 Å². The van der Waals surface area contributed by atoms with Crippen LogP contribution < -0.4 is 24.8 Å². The van der Waals surface area contributed by atoms with Crippen molar-refractivity contribution in [1.82, 2.24) is 25.2 Å². The van der Waals surface area contributed by atoms with Crippen LogP contribution in [0.3, 0.4) is 0 Å². The van der Waals surface area contributed by atoms with Gasteiger partial charge < -0.3 is 34.2 Å². The third-order valence-corrected chi connectivity index (χ3v) is 13.7. The number of carbonyl (C=O) groups is 4. The first-order valence-corrected chi connectivity index (χ1v) is 22.9. The Balaban J connectivity index is 1.16. The number of fused-ring (bicyclic) bond motifs is 5. The number of sulfonamides is 1. The molecule has 4 aromatic rings. The minimum absolute atomic E-state index is 0.118. The summed E-state index contributed by atoms with van der Waals surface area (Å²) in [5, 5.41) is 5.38. The lowest BCUT2D eigenvalue weighted by Gasteiger charge is -2.30. The van der Waals surface area contributed by atoms with Gasteiger partial charge in [0.25, 0.3) is 5.91 Å². The summed E-state index contributed by atoms with van der Waals surface area (Å²) < 4.78 is 92.6.